The van der Waals surface area contributed by atoms with E-state index in [9.17, 15) is 4.79 Å². The van der Waals surface area contributed by atoms with Crippen LogP contribution in [-0.4, -0.2) is 29.7 Å². The Balaban J connectivity index is 2.22. The third-order valence-electron chi connectivity index (χ3n) is 2.24. The molecule has 1 N–H and O–H groups in total. The molecular formula is C10H19NO2S. The second kappa shape index (κ2) is 6.30. The van der Waals surface area contributed by atoms with Crippen LogP contribution in [0.1, 0.15) is 33.1 Å². The summed E-state index contributed by atoms with van der Waals surface area (Å²) in [4.78, 5) is 11.4. The average molecular weight is 217 g/mol. The number of carbonyl (C=O) groups excluding carboxylic acids is 1. The van der Waals surface area contributed by atoms with Crippen molar-refractivity contribution in [3.05, 3.63) is 0 Å². The topological polar surface area (TPSA) is 38.3 Å². The minimum Gasteiger partial charge on any atom is -0.465 e. The SMILES string of the molecule is CCCC[C@@H]1N[C@H](C(=O)OCC)CS1. The van der Waals surface area contributed by atoms with Gasteiger partial charge in [0.05, 0.1) is 12.0 Å². The van der Waals surface area contributed by atoms with Gasteiger partial charge >= 0.3 is 5.97 Å². The van der Waals surface area contributed by atoms with Crippen molar-refractivity contribution in [2.24, 2.45) is 0 Å². The zero-order valence-electron chi connectivity index (χ0n) is 8.91. The van der Waals surface area contributed by atoms with E-state index in [1.165, 1.54) is 12.8 Å². The summed E-state index contributed by atoms with van der Waals surface area (Å²) in [5.41, 5.74) is 0. The Morgan fingerprint density at radius 3 is 3.00 bits per heavy atom. The monoisotopic (exact) mass is 217 g/mol. The van der Waals surface area contributed by atoms with Crippen molar-refractivity contribution < 1.29 is 9.53 Å². The minimum atomic E-state index is -0.0981. The molecule has 1 aliphatic heterocycles. The maximum Gasteiger partial charge on any atom is 0.324 e. The van der Waals surface area contributed by atoms with Gasteiger partial charge in [-0.25, -0.2) is 0 Å². The van der Waals surface area contributed by atoms with E-state index < -0.39 is 0 Å². The Hall–Kier alpha value is -0.220. The lowest BCUT2D eigenvalue weighted by atomic mass is 10.2. The van der Waals surface area contributed by atoms with E-state index in [0.29, 0.717) is 12.0 Å². The van der Waals surface area contributed by atoms with Gasteiger partial charge in [0.1, 0.15) is 6.04 Å². The molecule has 0 aromatic rings. The third kappa shape index (κ3) is 3.50. The number of ether oxygens (including phenoxy) is 1. The van der Waals surface area contributed by atoms with Crippen LogP contribution in [0.2, 0.25) is 0 Å². The number of nitrogens with one attached hydrogen (secondary N) is 1. The van der Waals surface area contributed by atoms with Gasteiger partial charge in [0.2, 0.25) is 0 Å². The summed E-state index contributed by atoms with van der Waals surface area (Å²) in [5, 5.41) is 3.75. The molecule has 1 rings (SSSR count). The van der Waals surface area contributed by atoms with Crippen molar-refractivity contribution in [1.82, 2.24) is 5.32 Å². The molecule has 1 saturated heterocycles. The Bertz CT molecular complexity index is 187. The lowest BCUT2D eigenvalue weighted by Crippen LogP contribution is -2.37. The number of rotatable bonds is 5. The summed E-state index contributed by atoms with van der Waals surface area (Å²) in [6.45, 7) is 4.50. The van der Waals surface area contributed by atoms with Gasteiger partial charge < -0.3 is 4.74 Å². The molecule has 82 valence electrons. The largest absolute Gasteiger partial charge is 0.465 e. The molecule has 0 amide bonds. The second-order valence-corrected chi connectivity index (χ2v) is 4.67. The number of esters is 1. The van der Waals surface area contributed by atoms with Crippen LogP contribution < -0.4 is 5.32 Å². The van der Waals surface area contributed by atoms with E-state index in [2.05, 4.69) is 12.2 Å². The molecule has 1 fully saturated rings. The molecule has 0 saturated carbocycles. The third-order valence-corrected chi connectivity index (χ3v) is 3.54. The summed E-state index contributed by atoms with van der Waals surface area (Å²) in [6, 6.07) is -0.0817. The summed E-state index contributed by atoms with van der Waals surface area (Å²) >= 11 is 1.83. The first kappa shape index (κ1) is 11.9. The first-order chi connectivity index (χ1) is 6.77. The zero-order valence-corrected chi connectivity index (χ0v) is 9.73. The first-order valence-electron chi connectivity index (χ1n) is 5.32. The summed E-state index contributed by atoms with van der Waals surface area (Å²) < 4.78 is 4.96. The normalized spacial score (nSPS) is 26.4. The molecule has 0 spiro atoms. The van der Waals surface area contributed by atoms with E-state index in [-0.39, 0.29) is 12.0 Å². The lowest BCUT2D eigenvalue weighted by molar-refractivity contribution is -0.144. The fourth-order valence-corrected chi connectivity index (χ4v) is 2.72. The molecule has 3 nitrogen and oxygen atoms in total. The van der Waals surface area contributed by atoms with Crippen molar-refractivity contribution in [3.8, 4) is 0 Å². The van der Waals surface area contributed by atoms with Gasteiger partial charge in [0, 0.05) is 5.75 Å². The number of carbonyl (C=O) groups is 1. The van der Waals surface area contributed by atoms with Crippen LogP contribution in [0.4, 0.5) is 0 Å². The van der Waals surface area contributed by atoms with E-state index >= 15 is 0 Å². The van der Waals surface area contributed by atoms with Crippen molar-refractivity contribution in [2.75, 3.05) is 12.4 Å². The molecule has 2 atom stereocenters. The maximum atomic E-state index is 11.4. The maximum absolute atomic E-state index is 11.4. The van der Waals surface area contributed by atoms with Crippen LogP contribution in [0.5, 0.6) is 0 Å². The molecular weight excluding hydrogens is 198 g/mol. The average Bonchev–Trinajstić information content (AvgIpc) is 2.63. The van der Waals surface area contributed by atoms with Gasteiger partial charge in [-0.2, -0.15) is 0 Å². The van der Waals surface area contributed by atoms with Gasteiger partial charge in [0.25, 0.3) is 0 Å². The van der Waals surface area contributed by atoms with Crippen LogP contribution in [0.25, 0.3) is 0 Å². The molecule has 0 radical (unpaired) electrons. The van der Waals surface area contributed by atoms with Crippen molar-refractivity contribution in [2.45, 2.75) is 44.5 Å². The smallest absolute Gasteiger partial charge is 0.324 e. The highest BCUT2D eigenvalue weighted by molar-refractivity contribution is 8.00. The Kier molecular flexibility index (Phi) is 5.33. The van der Waals surface area contributed by atoms with Gasteiger partial charge in [0.15, 0.2) is 0 Å². The standard InChI is InChI=1S/C10H19NO2S/c1-3-5-6-9-11-8(7-14-9)10(12)13-4-2/h8-9,11H,3-7H2,1-2H3/t8-,9+/m0/s1. The second-order valence-electron chi connectivity index (χ2n) is 3.44. The fraction of sp³-hybridized carbons (Fsp3) is 0.900. The quantitative estimate of drug-likeness (QED) is 0.712. The highest BCUT2D eigenvalue weighted by Crippen LogP contribution is 2.23. The predicted molar refractivity (Wildman–Crippen MR) is 59.3 cm³/mol. The summed E-state index contributed by atoms with van der Waals surface area (Å²) in [7, 11) is 0. The number of hydrogen-bond acceptors (Lipinski definition) is 4. The van der Waals surface area contributed by atoms with Crippen LogP contribution in [0, 0.1) is 0 Å². The summed E-state index contributed by atoms with van der Waals surface area (Å²) in [5.74, 6) is 0.756. The van der Waals surface area contributed by atoms with E-state index in [1.807, 2.05) is 18.7 Å². The van der Waals surface area contributed by atoms with E-state index in [4.69, 9.17) is 4.74 Å². The lowest BCUT2D eigenvalue weighted by Gasteiger charge is -2.11. The van der Waals surface area contributed by atoms with Crippen molar-refractivity contribution in [1.29, 1.82) is 0 Å². The Morgan fingerprint density at radius 1 is 1.57 bits per heavy atom. The minimum absolute atomic E-state index is 0.0817. The highest BCUT2D eigenvalue weighted by Gasteiger charge is 2.29. The summed E-state index contributed by atoms with van der Waals surface area (Å²) in [6.07, 6.45) is 3.58. The fourth-order valence-electron chi connectivity index (χ4n) is 1.47. The molecule has 1 aliphatic rings. The van der Waals surface area contributed by atoms with Gasteiger partial charge in [-0.3, -0.25) is 10.1 Å². The molecule has 0 aliphatic carbocycles. The van der Waals surface area contributed by atoms with E-state index in [1.54, 1.807) is 0 Å². The highest BCUT2D eigenvalue weighted by atomic mass is 32.2. The molecule has 4 heteroatoms. The van der Waals surface area contributed by atoms with Crippen LogP contribution in [0.3, 0.4) is 0 Å². The molecule has 14 heavy (non-hydrogen) atoms. The Morgan fingerprint density at radius 2 is 2.36 bits per heavy atom. The number of thioether (sulfide) groups is 1. The molecule has 0 unspecified atom stereocenters. The van der Waals surface area contributed by atoms with Gasteiger partial charge in [-0.15, -0.1) is 11.8 Å². The number of unbranched alkanes of at least 4 members (excludes halogenated alkanes) is 1. The van der Waals surface area contributed by atoms with Gasteiger partial charge in [-0.1, -0.05) is 19.8 Å². The number of hydrogen-bond donors (Lipinski definition) is 1. The molecule has 1 heterocycles. The van der Waals surface area contributed by atoms with Crippen LogP contribution in [-0.2, 0) is 9.53 Å². The molecule has 0 aromatic heterocycles. The van der Waals surface area contributed by atoms with Gasteiger partial charge in [-0.05, 0) is 13.3 Å². The van der Waals surface area contributed by atoms with Crippen LogP contribution in [0.15, 0.2) is 0 Å². The van der Waals surface area contributed by atoms with Crippen LogP contribution >= 0.6 is 11.8 Å². The zero-order chi connectivity index (χ0) is 10.4. The molecule has 0 bridgehead atoms. The first-order valence-corrected chi connectivity index (χ1v) is 6.37. The molecule has 0 aromatic carbocycles. The van der Waals surface area contributed by atoms with E-state index in [0.717, 1.165) is 12.2 Å². The predicted octanol–water partition coefficient (Wildman–Crippen LogP) is 1.77. The van der Waals surface area contributed by atoms with Crippen molar-refractivity contribution in [3.63, 3.8) is 0 Å². The Labute approximate surface area is 90.0 Å². The van der Waals surface area contributed by atoms with Crippen molar-refractivity contribution >= 4 is 17.7 Å².